The molecule has 0 radical (unpaired) electrons. The maximum Gasteiger partial charge on any atom is 0.410 e. The summed E-state index contributed by atoms with van der Waals surface area (Å²) in [5.74, 6) is -0.0359. The normalized spacial score (nSPS) is 18.3. The lowest BCUT2D eigenvalue weighted by Gasteiger charge is -2.42. The predicted octanol–water partition coefficient (Wildman–Crippen LogP) is 5.00. The number of anilines is 1. The number of pyridine rings is 1. The van der Waals surface area contributed by atoms with Crippen LogP contribution in [-0.2, 0) is 5.75 Å². The van der Waals surface area contributed by atoms with E-state index in [-0.39, 0.29) is 36.4 Å². The number of aromatic hydroxyl groups is 1. The number of hydrogen-bond donors (Lipinski definition) is 1. The molecule has 1 atom stereocenters. The van der Waals surface area contributed by atoms with Crippen LogP contribution in [0.3, 0.4) is 0 Å². The summed E-state index contributed by atoms with van der Waals surface area (Å²) < 4.78 is 62.0. The Morgan fingerprint density at radius 3 is 2.42 bits per heavy atom. The highest BCUT2D eigenvalue weighted by Crippen LogP contribution is 2.35. The van der Waals surface area contributed by atoms with Crippen LogP contribution in [0.25, 0.3) is 0 Å². The van der Waals surface area contributed by atoms with Crippen LogP contribution in [0.15, 0.2) is 36.4 Å². The van der Waals surface area contributed by atoms with E-state index in [0.717, 1.165) is 10.5 Å². The van der Waals surface area contributed by atoms with Crippen molar-refractivity contribution in [2.24, 2.45) is 0 Å². The van der Waals surface area contributed by atoms with Crippen molar-refractivity contribution in [3.05, 3.63) is 47.8 Å². The molecule has 0 spiro atoms. The van der Waals surface area contributed by atoms with E-state index in [2.05, 4.69) is 4.98 Å². The lowest BCUT2D eigenvalue weighted by Crippen LogP contribution is -2.58. The van der Waals surface area contributed by atoms with Crippen LogP contribution in [0.5, 0.6) is 11.6 Å². The fourth-order valence-electron chi connectivity index (χ4n) is 3.17. The average molecular weight is 460 g/mol. The fraction of sp³-hybridized carbons (Fsp3) is 0.476. The van der Waals surface area contributed by atoms with Crippen LogP contribution < -0.4 is 9.64 Å². The number of benzene rings is 1. The zero-order chi connectivity index (χ0) is 22.8. The van der Waals surface area contributed by atoms with Crippen molar-refractivity contribution >= 4 is 17.8 Å². The van der Waals surface area contributed by atoms with Gasteiger partial charge in [0.15, 0.2) is 0 Å². The summed E-state index contributed by atoms with van der Waals surface area (Å²) >= 11 is 1.28. The monoisotopic (exact) mass is 459 g/mol. The second-order valence-electron chi connectivity index (χ2n) is 8.27. The SMILES string of the molecule is CC(C)(C)Oc1cc(O)cc(N2CCN(SCc3ccc(F)cc3)CC2C(F)(F)F)n1. The van der Waals surface area contributed by atoms with Gasteiger partial charge in [-0.1, -0.05) is 24.1 Å². The molecule has 0 saturated carbocycles. The Morgan fingerprint density at radius 1 is 1.13 bits per heavy atom. The van der Waals surface area contributed by atoms with Crippen LogP contribution in [0, 0.1) is 5.82 Å². The molecule has 170 valence electrons. The van der Waals surface area contributed by atoms with Crippen LogP contribution >= 0.6 is 11.9 Å². The number of hydrogen-bond acceptors (Lipinski definition) is 6. The standard InChI is InChI=1S/C21H25F4N3O2S/c1-20(2,3)30-19-11-16(29)10-18(26-19)28-9-8-27(12-17(28)21(23,24)25)31-13-14-4-6-15(22)7-5-14/h4-7,10-11,17H,8-9,12-13H2,1-3H3,(H,26,29). The van der Waals surface area contributed by atoms with Gasteiger partial charge in [0.1, 0.15) is 29.0 Å². The van der Waals surface area contributed by atoms with Crippen molar-refractivity contribution < 1.29 is 27.4 Å². The molecule has 1 aromatic carbocycles. The van der Waals surface area contributed by atoms with Gasteiger partial charge in [-0.25, -0.2) is 8.70 Å². The molecule has 1 aliphatic rings. The molecule has 1 N–H and O–H groups in total. The Balaban J connectivity index is 1.75. The van der Waals surface area contributed by atoms with E-state index in [0.29, 0.717) is 12.3 Å². The summed E-state index contributed by atoms with van der Waals surface area (Å²) in [7, 11) is 0. The van der Waals surface area contributed by atoms with Crippen LogP contribution in [0.2, 0.25) is 0 Å². The first-order chi connectivity index (χ1) is 14.4. The molecule has 1 aliphatic heterocycles. The van der Waals surface area contributed by atoms with Crippen molar-refractivity contribution in [2.45, 2.75) is 44.3 Å². The van der Waals surface area contributed by atoms with Gasteiger partial charge in [-0.2, -0.15) is 18.2 Å². The zero-order valence-electron chi connectivity index (χ0n) is 17.5. The second kappa shape index (κ2) is 9.12. The van der Waals surface area contributed by atoms with E-state index in [1.807, 2.05) is 0 Å². The number of nitrogens with zero attached hydrogens (tertiary/aromatic N) is 3. The van der Waals surface area contributed by atoms with Gasteiger partial charge >= 0.3 is 6.18 Å². The first-order valence-corrected chi connectivity index (χ1v) is 10.7. The number of piperazine rings is 1. The largest absolute Gasteiger partial charge is 0.508 e. The van der Waals surface area contributed by atoms with Gasteiger partial charge < -0.3 is 14.7 Å². The Hall–Kier alpha value is -2.20. The minimum absolute atomic E-state index is 0.0183. The third-order valence-corrected chi connectivity index (χ3v) is 5.69. The molecule has 0 bridgehead atoms. The second-order valence-corrected chi connectivity index (χ2v) is 9.34. The maximum absolute atomic E-state index is 13.9. The van der Waals surface area contributed by atoms with Gasteiger partial charge in [0.25, 0.3) is 0 Å². The quantitative estimate of drug-likeness (QED) is 0.501. The number of aromatic nitrogens is 1. The van der Waals surface area contributed by atoms with Crippen molar-refractivity contribution in [1.82, 2.24) is 9.29 Å². The van der Waals surface area contributed by atoms with E-state index in [9.17, 15) is 22.7 Å². The maximum atomic E-state index is 13.9. The van der Waals surface area contributed by atoms with Gasteiger partial charge in [0.2, 0.25) is 5.88 Å². The number of ether oxygens (including phenoxy) is 1. The summed E-state index contributed by atoms with van der Waals surface area (Å²) in [6.07, 6.45) is -4.49. The summed E-state index contributed by atoms with van der Waals surface area (Å²) in [5, 5.41) is 10.0. The van der Waals surface area contributed by atoms with E-state index in [1.165, 1.54) is 36.2 Å². The summed E-state index contributed by atoms with van der Waals surface area (Å²) in [5.41, 5.74) is 0.216. The molecule has 1 saturated heterocycles. The Morgan fingerprint density at radius 2 is 1.81 bits per heavy atom. The molecular formula is C21H25F4N3O2S. The Labute approximate surface area is 183 Å². The molecule has 1 unspecified atom stereocenters. The Kier molecular flexibility index (Phi) is 6.90. The van der Waals surface area contributed by atoms with E-state index in [1.54, 1.807) is 37.2 Å². The van der Waals surface area contributed by atoms with E-state index < -0.39 is 17.8 Å². The molecule has 2 heterocycles. The highest BCUT2D eigenvalue weighted by atomic mass is 32.2. The van der Waals surface area contributed by atoms with E-state index in [4.69, 9.17) is 4.74 Å². The number of halogens is 4. The molecule has 10 heteroatoms. The molecule has 0 amide bonds. The molecule has 0 aliphatic carbocycles. The van der Waals surface area contributed by atoms with Crippen molar-refractivity contribution in [3.8, 4) is 11.6 Å². The number of rotatable bonds is 5. The van der Waals surface area contributed by atoms with Gasteiger partial charge in [0.05, 0.1) is 0 Å². The molecular weight excluding hydrogens is 434 g/mol. The highest BCUT2D eigenvalue weighted by molar-refractivity contribution is 7.96. The molecule has 2 aromatic rings. The summed E-state index contributed by atoms with van der Waals surface area (Å²) in [6, 6.07) is 6.61. The first-order valence-electron chi connectivity index (χ1n) is 9.76. The van der Waals surface area contributed by atoms with Gasteiger partial charge in [-0.05, 0) is 38.5 Å². The lowest BCUT2D eigenvalue weighted by atomic mass is 10.1. The molecule has 1 fully saturated rings. The molecule has 3 rings (SSSR count). The van der Waals surface area contributed by atoms with Crippen LogP contribution in [0.4, 0.5) is 23.4 Å². The topological polar surface area (TPSA) is 48.8 Å². The third kappa shape index (κ3) is 6.64. The smallest absolute Gasteiger partial charge is 0.410 e. The molecule has 1 aromatic heterocycles. The van der Waals surface area contributed by atoms with Gasteiger partial charge in [-0.3, -0.25) is 0 Å². The Bertz CT molecular complexity index is 888. The summed E-state index contributed by atoms with van der Waals surface area (Å²) in [4.78, 5) is 5.37. The molecule has 31 heavy (non-hydrogen) atoms. The highest BCUT2D eigenvalue weighted by Gasteiger charge is 2.47. The van der Waals surface area contributed by atoms with Gasteiger partial charge in [-0.15, -0.1) is 0 Å². The van der Waals surface area contributed by atoms with E-state index >= 15 is 0 Å². The summed E-state index contributed by atoms with van der Waals surface area (Å²) in [6.45, 7) is 5.54. The van der Waals surface area contributed by atoms with Crippen molar-refractivity contribution in [2.75, 3.05) is 24.5 Å². The fourth-order valence-corrected chi connectivity index (χ4v) is 4.15. The average Bonchev–Trinajstić information content (AvgIpc) is 2.65. The lowest BCUT2D eigenvalue weighted by molar-refractivity contribution is -0.153. The third-order valence-electron chi connectivity index (χ3n) is 4.53. The zero-order valence-corrected chi connectivity index (χ0v) is 18.3. The van der Waals surface area contributed by atoms with Crippen molar-refractivity contribution in [3.63, 3.8) is 0 Å². The van der Waals surface area contributed by atoms with Gasteiger partial charge in [0, 0.05) is 37.5 Å². The minimum atomic E-state index is -4.49. The number of alkyl halides is 3. The van der Waals surface area contributed by atoms with Crippen molar-refractivity contribution in [1.29, 1.82) is 0 Å². The molecule has 5 nitrogen and oxygen atoms in total. The first kappa shape index (κ1) is 23.5. The minimum Gasteiger partial charge on any atom is -0.508 e. The predicted molar refractivity (Wildman–Crippen MR) is 113 cm³/mol. The van der Waals surface area contributed by atoms with Crippen LogP contribution in [0.1, 0.15) is 26.3 Å². The van der Waals surface area contributed by atoms with Crippen LogP contribution in [-0.4, -0.2) is 51.8 Å².